The Bertz CT molecular complexity index is 962. The molecule has 33 heavy (non-hydrogen) atoms. The van der Waals surface area contributed by atoms with Crippen LogP contribution in [0.15, 0.2) is 58.3 Å². The van der Waals surface area contributed by atoms with Crippen molar-refractivity contribution >= 4 is 41.4 Å². The molecule has 4 N–H and O–H groups in total. The van der Waals surface area contributed by atoms with Crippen molar-refractivity contribution in [2.45, 2.75) is 41.8 Å². The highest BCUT2D eigenvalue weighted by Crippen LogP contribution is 2.32. The fourth-order valence-electron chi connectivity index (χ4n) is 3.10. The van der Waals surface area contributed by atoms with Crippen LogP contribution in [0.2, 0.25) is 0 Å². The Kier molecular flexibility index (Phi) is 10.3. The van der Waals surface area contributed by atoms with E-state index in [1.54, 1.807) is 61.6 Å². The number of nitrogens with one attached hydrogen (secondary N) is 1. The topological polar surface area (TPSA) is 111 Å². The molecular weight excluding hydrogens is 462 g/mol. The van der Waals surface area contributed by atoms with Gasteiger partial charge >= 0.3 is 17.8 Å². The number of aliphatic hydroxyl groups excluding tert-OH is 1. The molecule has 1 unspecified atom stereocenters. The predicted molar refractivity (Wildman–Crippen MR) is 132 cm³/mol. The highest BCUT2D eigenvalue weighted by molar-refractivity contribution is 7.98. The normalized spacial score (nSPS) is 14.3. The maximum absolute atomic E-state index is 11.7. The number of hydrogen-bond donors (Lipinski definition) is 3. The molecule has 0 radical (unpaired) electrons. The molecular formula is C24H31NO6S2+2. The molecule has 0 fully saturated rings. The number of ketones is 1. The van der Waals surface area contributed by atoms with Crippen LogP contribution < -0.4 is 4.99 Å². The van der Waals surface area contributed by atoms with E-state index in [-0.39, 0.29) is 31.3 Å². The van der Waals surface area contributed by atoms with Gasteiger partial charge in [-0.25, -0.2) is 0 Å². The lowest BCUT2D eigenvalue weighted by Gasteiger charge is -2.28. The molecule has 2 aromatic rings. The van der Waals surface area contributed by atoms with Crippen LogP contribution in [-0.2, 0) is 19.9 Å². The first-order chi connectivity index (χ1) is 15.8. The molecule has 0 spiro atoms. The molecule has 2 atom stereocenters. The largest absolute Gasteiger partial charge is 0.545 e. The first kappa shape index (κ1) is 26.8. The molecule has 0 saturated heterocycles. The van der Waals surface area contributed by atoms with Gasteiger partial charge in [-0.15, -0.1) is 23.5 Å². The molecule has 2 rings (SSSR count). The summed E-state index contributed by atoms with van der Waals surface area (Å²) in [6.45, 7) is 3.41. The molecule has 0 aliphatic heterocycles. The summed E-state index contributed by atoms with van der Waals surface area (Å²) in [5, 5.41) is 21.9. The molecule has 2 aromatic carbocycles. The summed E-state index contributed by atoms with van der Waals surface area (Å²) in [7, 11) is 0. The predicted octanol–water partition coefficient (Wildman–Crippen LogP) is 2.26. The standard InChI is InChI=1S/C24H29NO6S2/c1-5-21(26)30-15-14-25-23(28)31-16(2)24(29,18-8-12-20(33-4)13-9-18)22(27)17-6-10-19(32-3)11-7-17/h6-13,16,29H,5,14-15H2,1-4H3,(H,25,28)/p+2/t16-,24?/m1/s1. The van der Waals surface area contributed by atoms with Crippen LogP contribution in [0.3, 0.4) is 0 Å². The van der Waals surface area contributed by atoms with E-state index in [2.05, 4.69) is 4.99 Å². The zero-order valence-electron chi connectivity index (χ0n) is 19.2. The lowest BCUT2D eigenvalue weighted by atomic mass is 9.82. The molecule has 0 aliphatic carbocycles. The summed E-state index contributed by atoms with van der Waals surface area (Å²) in [4.78, 5) is 27.0. The van der Waals surface area contributed by atoms with Crippen molar-refractivity contribution in [2.75, 3.05) is 25.7 Å². The van der Waals surface area contributed by atoms with Crippen LogP contribution in [0.25, 0.3) is 0 Å². The monoisotopic (exact) mass is 493 g/mol. The van der Waals surface area contributed by atoms with Crippen molar-refractivity contribution in [1.29, 1.82) is 0 Å². The smallest absolute Gasteiger partial charge is 0.459 e. The number of aliphatic hydroxyl groups is 2. The SMILES string of the molecule is CCC(=O)OCC[NH+]=C(O)O[C@H](C)C(O)(C(=[OH+])c1ccc(SC)cc1)c1ccc(SC)cc1. The van der Waals surface area contributed by atoms with Crippen molar-refractivity contribution in [1.82, 2.24) is 0 Å². The third-order valence-electron chi connectivity index (χ3n) is 5.06. The first-order valence-corrected chi connectivity index (χ1v) is 12.9. The van der Waals surface area contributed by atoms with Gasteiger partial charge in [0, 0.05) is 21.8 Å². The van der Waals surface area contributed by atoms with Gasteiger partial charge in [-0.05, 0) is 55.8 Å². The highest BCUT2D eigenvalue weighted by Gasteiger charge is 2.51. The highest BCUT2D eigenvalue weighted by atomic mass is 32.2. The van der Waals surface area contributed by atoms with Crippen LogP contribution in [0.5, 0.6) is 0 Å². The second-order valence-corrected chi connectivity index (χ2v) is 8.90. The second-order valence-electron chi connectivity index (χ2n) is 7.14. The van der Waals surface area contributed by atoms with Crippen LogP contribution >= 0.6 is 23.5 Å². The minimum atomic E-state index is -1.96. The number of rotatable bonds is 11. The van der Waals surface area contributed by atoms with E-state index in [1.807, 2.05) is 36.8 Å². The number of esters is 1. The molecule has 0 saturated carbocycles. The minimum Gasteiger partial charge on any atom is -0.459 e. The quantitative estimate of drug-likeness (QED) is 0.0837. The zero-order valence-corrected chi connectivity index (χ0v) is 20.8. The number of carbonyl (C=O) groups excluding carboxylic acids is 2. The number of carbonyl (C=O) groups is 1. The number of thioether (sulfide) groups is 2. The Morgan fingerprint density at radius 1 is 1.09 bits per heavy atom. The van der Waals surface area contributed by atoms with E-state index in [1.165, 1.54) is 0 Å². The Hall–Kier alpha value is -2.49. The maximum atomic E-state index is 11.7. The third-order valence-corrected chi connectivity index (χ3v) is 6.55. The fraction of sp³-hybridized carbons (Fsp3) is 0.375. The van der Waals surface area contributed by atoms with E-state index in [0.717, 1.165) is 9.79 Å². The lowest BCUT2D eigenvalue weighted by molar-refractivity contribution is -0.482. The van der Waals surface area contributed by atoms with Crippen molar-refractivity contribution < 1.29 is 34.3 Å². The molecule has 0 aromatic heterocycles. The number of hydrogen-bond acceptors (Lipinski definition) is 6. The van der Waals surface area contributed by atoms with Crippen LogP contribution in [0.4, 0.5) is 0 Å². The summed E-state index contributed by atoms with van der Waals surface area (Å²) in [6.07, 6.45) is 2.52. The van der Waals surface area contributed by atoms with Gasteiger partial charge in [-0.3, -0.25) is 9.59 Å². The van der Waals surface area contributed by atoms with Gasteiger partial charge in [-0.1, -0.05) is 19.1 Å². The number of ether oxygens (including phenoxy) is 2. The van der Waals surface area contributed by atoms with Crippen LogP contribution in [0.1, 0.15) is 31.4 Å². The van der Waals surface area contributed by atoms with E-state index < -0.39 is 17.8 Å². The molecule has 0 amide bonds. The van der Waals surface area contributed by atoms with Crippen LogP contribution in [0, 0.1) is 0 Å². The summed E-state index contributed by atoms with van der Waals surface area (Å²) >= 11 is 3.12. The Morgan fingerprint density at radius 3 is 2.15 bits per heavy atom. The van der Waals surface area contributed by atoms with Gasteiger partial charge in [0.25, 0.3) is 0 Å². The van der Waals surface area contributed by atoms with E-state index >= 15 is 0 Å². The summed E-state index contributed by atoms with van der Waals surface area (Å²) in [6, 6.07) is 14.2. The Labute approximate surface area is 202 Å². The molecule has 9 heteroatoms. The van der Waals surface area contributed by atoms with E-state index in [0.29, 0.717) is 11.1 Å². The second kappa shape index (κ2) is 12.7. The number of benzene rings is 2. The van der Waals surface area contributed by atoms with Gasteiger partial charge in [0.1, 0.15) is 6.61 Å². The molecule has 7 nitrogen and oxygen atoms in total. The van der Waals surface area contributed by atoms with Gasteiger partial charge in [0.2, 0.25) is 5.60 Å². The average molecular weight is 494 g/mol. The van der Waals surface area contributed by atoms with Crippen molar-refractivity contribution in [3.8, 4) is 0 Å². The van der Waals surface area contributed by atoms with E-state index in [9.17, 15) is 19.8 Å². The van der Waals surface area contributed by atoms with Gasteiger partial charge in [0.15, 0.2) is 12.6 Å². The average Bonchev–Trinajstić information content (AvgIpc) is 2.85. The minimum absolute atomic E-state index is 0.0497. The van der Waals surface area contributed by atoms with Crippen molar-refractivity contribution in [3.63, 3.8) is 0 Å². The summed E-state index contributed by atoms with van der Waals surface area (Å²) < 4.78 is 10.5. The van der Waals surface area contributed by atoms with E-state index in [4.69, 9.17) is 9.47 Å². The summed E-state index contributed by atoms with van der Waals surface area (Å²) in [5.74, 6) is -0.648. The third kappa shape index (κ3) is 6.99. The van der Waals surface area contributed by atoms with Crippen molar-refractivity contribution in [2.24, 2.45) is 0 Å². The fourth-order valence-corrected chi connectivity index (χ4v) is 3.91. The van der Waals surface area contributed by atoms with Gasteiger partial charge in [-0.2, -0.15) is 4.99 Å². The lowest BCUT2D eigenvalue weighted by Crippen LogP contribution is -2.75. The van der Waals surface area contributed by atoms with Crippen LogP contribution in [-0.4, -0.2) is 64.6 Å². The van der Waals surface area contributed by atoms with Gasteiger partial charge < -0.3 is 19.7 Å². The van der Waals surface area contributed by atoms with Crippen molar-refractivity contribution in [3.05, 3.63) is 59.7 Å². The molecule has 0 heterocycles. The Balaban J connectivity index is 2.30. The molecule has 178 valence electrons. The Morgan fingerprint density at radius 2 is 1.64 bits per heavy atom. The maximum Gasteiger partial charge on any atom is 0.545 e. The summed E-state index contributed by atoms with van der Waals surface area (Å²) in [5.41, 5.74) is -1.12. The molecule has 0 bridgehead atoms. The molecule has 0 aliphatic rings. The zero-order chi connectivity index (χ0) is 24.4. The van der Waals surface area contributed by atoms with Gasteiger partial charge in [0.05, 0.1) is 5.56 Å². The first-order valence-electron chi connectivity index (χ1n) is 10.5.